The molecule has 1 aromatic rings. The van der Waals surface area contributed by atoms with Crippen LogP contribution in [0.5, 0.6) is 5.75 Å². The molecule has 5 nitrogen and oxygen atoms in total. The van der Waals surface area contributed by atoms with E-state index in [1.54, 1.807) is 25.1 Å². The van der Waals surface area contributed by atoms with Crippen LogP contribution >= 0.6 is 0 Å². The zero-order chi connectivity index (χ0) is 11.7. The van der Waals surface area contributed by atoms with Crippen LogP contribution in [0.4, 0.5) is 5.69 Å². The first-order valence-corrected chi connectivity index (χ1v) is 5.09. The van der Waals surface area contributed by atoms with Crippen LogP contribution in [0.25, 0.3) is 0 Å². The zero-order valence-electron chi connectivity index (χ0n) is 8.93. The van der Waals surface area contributed by atoms with E-state index in [1.165, 1.54) is 0 Å². The lowest BCUT2D eigenvalue weighted by atomic mass is 10.1. The van der Waals surface area contributed by atoms with Gasteiger partial charge < -0.3 is 20.9 Å². The SMILES string of the molecule is CC1Oc2ccc(C(N)CO)cc2NC1=O. The van der Waals surface area contributed by atoms with Gasteiger partial charge in [-0.1, -0.05) is 6.07 Å². The molecule has 5 heteroatoms. The van der Waals surface area contributed by atoms with E-state index in [4.69, 9.17) is 15.6 Å². The van der Waals surface area contributed by atoms with E-state index < -0.39 is 12.1 Å². The van der Waals surface area contributed by atoms with Crippen molar-refractivity contribution in [3.63, 3.8) is 0 Å². The van der Waals surface area contributed by atoms with Crippen molar-refractivity contribution in [1.82, 2.24) is 0 Å². The number of aliphatic hydroxyl groups excluding tert-OH is 1. The number of anilines is 1. The lowest BCUT2D eigenvalue weighted by molar-refractivity contribution is -0.122. The molecule has 0 spiro atoms. The summed E-state index contributed by atoms with van der Waals surface area (Å²) in [5.41, 5.74) is 7.05. The van der Waals surface area contributed by atoms with Crippen molar-refractivity contribution in [2.75, 3.05) is 11.9 Å². The highest BCUT2D eigenvalue weighted by Crippen LogP contribution is 2.31. The number of fused-ring (bicyclic) bond motifs is 1. The average Bonchev–Trinajstić information content (AvgIpc) is 2.29. The van der Waals surface area contributed by atoms with Crippen molar-refractivity contribution in [2.24, 2.45) is 5.73 Å². The number of benzene rings is 1. The Hall–Kier alpha value is -1.59. The minimum atomic E-state index is -0.482. The van der Waals surface area contributed by atoms with Gasteiger partial charge in [0.15, 0.2) is 6.10 Å². The zero-order valence-corrected chi connectivity index (χ0v) is 8.93. The van der Waals surface area contributed by atoms with Crippen molar-refractivity contribution in [1.29, 1.82) is 0 Å². The maximum absolute atomic E-state index is 11.4. The topological polar surface area (TPSA) is 84.6 Å². The van der Waals surface area contributed by atoms with Crippen LogP contribution in [-0.4, -0.2) is 23.7 Å². The van der Waals surface area contributed by atoms with Gasteiger partial charge in [0, 0.05) is 0 Å². The Kier molecular flexibility index (Phi) is 2.80. The average molecular weight is 222 g/mol. The molecule has 0 fully saturated rings. The number of rotatable bonds is 2. The fourth-order valence-electron chi connectivity index (χ4n) is 1.56. The molecule has 0 aromatic heterocycles. The summed E-state index contributed by atoms with van der Waals surface area (Å²) < 4.78 is 5.40. The quantitative estimate of drug-likeness (QED) is 0.676. The standard InChI is InChI=1S/C11H14N2O3/c1-6-11(15)13-9-4-7(8(12)5-14)2-3-10(9)16-6/h2-4,6,8,14H,5,12H2,1H3,(H,13,15). The van der Waals surface area contributed by atoms with Gasteiger partial charge in [-0.15, -0.1) is 0 Å². The minimum Gasteiger partial charge on any atom is -0.479 e. The molecule has 1 amide bonds. The van der Waals surface area contributed by atoms with Crippen LogP contribution in [0.1, 0.15) is 18.5 Å². The van der Waals surface area contributed by atoms with E-state index in [0.29, 0.717) is 11.4 Å². The number of nitrogens with one attached hydrogen (secondary N) is 1. The monoisotopic (exact) mass is 222 g/mol. The fraction of sp³-hybridized carbons (Fsp3) is 0.364. The Labute approximate surface area is 93.2 Å². The normalized spacial score (nSPS) is 20.7. The highest BCUT2D eigenvalue weighted by molar-refractivity contribution is 5.97. The number of nitrogens with two attached hydrogens (primary N) is 1. The van der Waals surface area contributed by atoms with E-state index >= 15 is 0 Å². The summed E-state index contributed by atoms with van der Waals surface area (Å²) in [6.45, 7) is 1.55. The second kappa shape index (κ2) is 4.11. The summed E-state index contributed by atoms with van der Waals surface area (Å²) in [6.07, 6.45) is -0.482. The van der Waals surface area contributed by atoms with Crippen molar-refractivity contribution in [3.05, 3.63) is 23.8 Å². The van der Waals surface area contributed by atoms with Crippen molar-refractivity contribution in [2.45, 2.75) is 19.1 Å². The van der Waals surface area contributed by atoms with Gasteiger partial charge in [-0.2, -0.15) is 0 Å². The molecule has 0 saturated heterocycles. The van der Waals surface area contributed by atoms with E-state index in [9.17, 15) is 4.79 Å². The Bertz CT molecular complexity index is 420. The van der Waals surface area contributed by atoms with Crippen LogP contribution in [0.15, 0.2) is 18.2 Å². The van der Waals surface area contributed by atoms with Gasteiger partial charge in [-0.3, -0.25) is 4.79 Å². The molecule has 2 rings (SSSR count). The van der Waals surface area contributed by atoms with Gasteiger partial charge in [0.2, 0.25) is 0 Å². The minimum absolute atomic E-state index is 0.135. The van der Waals surface area contributed by atoms with Gasteiger partial charge in [0.25, 0.3) is 5.91 Å². The second-order valence-corrected chi connectivity index (χ2v) is 3.79. The second-order valence-electron chi connectivity index (χ2n) is 3.79. The lowest BCUT2D eigenvalue weighted by Gasteiger charge is -2.24. The smallest absolute Gasteiger partial charge is 0.265 e. The fourth-order valence-corrected chi connectivity index (χ4v) is 1.56. The van der Waals surface area contributed by atoms with E-state index in [1.807, 2.05) is 0 Å². The summed E-state index contributed by atoms with van der Waals surface area (Å²) in [5, 5.41) is 11.7. The molecular weight excluding hydrogens is 208 g/mol. The largest absolute Gasteiger partial charge is 0.479 e. The van der Waals surface area contributed by atoms with E-state index in [0.717, 1.165) is 5.56 Å². The molecule has 2 atom stereocenters. The Morgan fingerprint density at radius 3 is 3.06 bits per heavy atom. The Morgan fingerprint density at radius 1 is 1.62 bits per heavy atom. The number of hydrogen-bond acceptors (Lipinski definition) is 4. The molecule has 1 heterocycles. The summed E-state index contributed by atoms with van der Waals surface area (Å²) in [4.78, 5) is 11.4. The third kappa shape index (κ3) is 1.87. The molecule has 16 heavy (non-hydrogen) atoms. The first-order valence-electron chi connectivity index (χ1n) is 5.09. The molecule has 1 aliphatic heterocycles. The molecular formula is C11H14N2O3. The molecule has 2 unspecified atom stereocenters. The highest BCUT2D eigenvalue weighted by atomic mass is 16.5. The summed E-state index contributed by atoms with van der Waals surface area (Å²) in [6, 6.07) is 4.81. The number of ether oxygens (including phenoxy) is 1. The molecule has 0 radical (unpaired) electrons. The van der Waals surface area contributed by atoms with E-state index in [-0.39, 0.29) is 12.5 Å². The van der Waals surface area contributed by atoms with Crippen LogP contribution in [0.3, 0.4) is 0 Å². The number of hydrogen-bond donors (Lipinski definition) is 3. The van der Waals surface area contributed by atoms with Crippen molar-refractivity contribution < 1.29 is 14.6 Å². The van der Waals surface area contributed by atoms with Crippen LogP contribution in [-0.2, 0) is 4.79 Å². The van der Waals surface area contributed by atoms with Gasteiger partial charge in [-0.05, 0) is 24.6 Å². The molecule has 0 aliphatic carbocycles. The number of amides is 1. The molecule has 4 N–H and O–H groups in total. The number of aliphatic hydroxyl groups is 1. The van der Waals surface area contributed by atoms with Gasteiger partial charge in [-0.25, -0.2) is 0 Å². The Balaban J connectivity index is 2.32. The first-order chi connectivity index (χ1) is 7.61. The lowest BCUT2D eigenvalue weighted by Crippen LogP contribution is -2.34. The van der Waals surface area contributed by atoms with Gasteiger partial charge >= 0.3 is 0 Å². The molecule has 1 aliphatic rings. The van der Waals surface area contributed by atoms with Crippen LogP contribution in [0.2, 0.25) is 0 Å². The molecule has 0 bridgehead atoms. The first kappa shape index (κ1) is 10.9. The third-order valence-electron chi connectivity index (χ3n) is 2.56. The molecule has 0 saturated carbocycles. The van der Waals surface area contributed by atoms with E-state index in [2.05, 4.69) is 5.32 Å². The predicted octanol–water partition coefficient (Wildman–Crippen LogP) is 0.398. The highest BCUT2D eigenvalue weighted by Gasteiger charge is 2.23. The maximum Gasteiger partial charge on any atom is 0.265 e. The maximum atomic E-state index is 11.4. The number of carbonyl (C=O) groups is 1. The van der Waals surface area contributed by atoms with Crippen LogP contribution < -0.4 is 15.8 Å². The summed E-state index contributed by atoms with van der Waals surface area (Å²) in [5.74, 6) is 0.447. The molecule has 86 valence electrons. The van der Waals surface area contributed by atoms with Gasteiger partial charge in [0.05, 0.1) is 18.3 Å². The van der Waals surface area contributed by atoms with Crippen LogP contribution in [0, 0.1) is 0 Å². The van der Waals surface area contributed by atoms with Crippen molar-refractivity contribution in [3.8, 4) is 5.75 Å². The van der Waals surface area contributed by atoms with Crippen molar-refractivity contribution >= 4 is 11.6 Å². The Morgan fingerprint density at radius 2 is 2.38 bits per heavy atom. The molecule has 1 aromatic carbocycles. The predicted molar refractivity (Wildman–Crippen MR) is 59.2 cm³/mol. The third-order valence-corrected chi connectivity index (χ3v) is 2.56. The summed E-state index contributed by atoms with van der Waals surface area (Å²) >= 11 is 0. The number of carbonyl (C=O) groups excluding carboxylic acids is 1. The van der Waals surface area contributed by atoms with Gasteiger partial charge in [0.1, 0.15) is 5.75 Å². The summed E-state index contributed by atoms with van der Waals surface area (Å²) in [7, 11) is 0.